The molecule has 0 bridgehead atoms. The van der Waals surface area contributed by atoms with Gasteiger partial charge in [-0.3, -0.25) is 0 Å². The molecule has 4 rings (SSSR count). The Balaban J connectivity index is 1.33. The minimum Gasteiger partial charge on any atom is -0.495 e. The fraction of sp³-hybridized carbons (Fsp3) is 0.520. The zero-order valence-electron chi connectivity index (χ0n) is 19.4. The first-order chi connectivity index (χ1) is 15.9. The number of hydrogen-bond donors (Lipinski definition) is 0. The fourth-order valence-electron chi connectivity index (χ4n) is 4.81. The maximum atomic E-state index is 13.9. The normalized spacial score (nSPS) is 19.5. The van der Waals surface area contributed by atoms with E-state index in [1.165, 1.54) is 13.2 Å². The zero-order valence-corrected chi connectivity index (χ0v) is 20.2. The van der Waals surface area contributed by atoms with Crippen LogP contribution >= 0.6 is 0 Å². The quantitative estimate of drug-likeness (QED) is 0.602. The zero-order chi connectivity index (χ0) is 23.4. The summed E-state index contributed by atoms with van der Waals surface area (Å²) in [6.45, 7) is 4.76. The second-order valence-corrected chi connectivity index (χ2v) is 10.7. The molecule has 2 aromatic carbocycles. The van der Waals surface area contributed by atoms with Gasteiger partial charge in [-0.1, -0.05) is 25.1 Å². The number of nitrogens with zero attached hydrogens (tertiary/aromatic N) is 2. The predicted molar refractivity (Wildman–Crippen MR) is 126 cm³/mol. The highest BCUT2D eigenvalue weighted by Gasteiger charge is 2.34. The number of benzene rings is 2. The highest BCUT2D eigenvalue weighted by molar-refractivity contribution is 7.89. The van der Waals surface area contributed by atoms with Crippen LogP contribution in [0.1, 0.15) is 38.2 Å². The summed E-state index contributed by atoms with van der Waals surface area (Å²) >= 11 is 0. The number of methoxy groups -OCH3 is 1. The number of sulfonamides is 1. The Hall–Kier alpha value is -2.16. The van der Waals surface area contributed by atoms with Crippen LogP contribution in [-0.4, -0.2) is 63.1 Å². The molecule has 2 saturated heterocycles. The van der Waals surface area contributed by atoms with Gasteiger partial charge in [0.1, 0.15) is 16.7 Å². The number of piperidine rings is 2. The third kappa shape index (κ3) is 5.34. The van der Waals surface area contributed by atoms with Crippen molar-refractivity contribution in [3.05, 3.63) is 53.8 Å². The Morgan fingerprint density at radius 1 is 0.970 bits per heavy atom. The maximum absolute atomic E-state index is 13.9. The van der Waals surface area contributed by atoms with Gasteiger partial charge in [0.15, 0.2) is 11.6 Å². The van der Waals surface area contributed by atoms with Crippen LogP contribution in [0.2, 0.25) is 0 Å². The van der Waals surface area contributed by atoms with E-state index in [1.807, 2.05) is 13.0 Å². The lowest BCUT2D eigenvalue weighted by Crippen LogP contribution is -2.50. The number of para-hydroxylation sites is 1. The van der Waals surface area contributed by atoms with Gasteiger partial charge in [0.2, 0.25) is 10.0 Å². The maximum Gasteiger partial charge on any atom is 0.246 e. The second kappa shape index (κ2) is 10.4. The van der Waals surface area contributed by atoms with Crippen LogP contribution in [-0.2, 0) is 16.4 Å². The summed E-state index contributed by atoms with van der Waals surface area (Å²) in [4.78, 5) is 2.69. The molecule has 0 N–H and O–H groups in total. The molecule has 0 amide bonds. The summed E-state index contributed by atoms with van der Waals surface area (Å²) in [6.07, 6.45) is 4.06. The standard InChI is InChI=1S/C25H33FN2O4S/c1-3-19-8-9-24(31-2)25(18-19)33(29,30)28-16-10-20(11-17-28)27-14-12-21(13-15-27)32-23-7-5-4-6-22(23)26/h4-9,18,20-21H,3,10-17H2,1-2H3. The van der Waals surface area contributed by atoms with Crippen LogP contribution in [0.5, 0.6) is 11.5 Å². The van der Waals surface area contributed by atoms with Crippen molar-refractivity contribution in [1.29, 1.82) is 0 Å². The molecular weight excluding hydrogens is 443 g/mol. The molecule has 2 fully saturated rings. The van der Waals surface area contributed by atoms with Crippen molar-refractivity contribution in [1.82, 2.24) is 9.21 Å². The molecule has 2 heterocycles. The number of likely N-dealkylation sites (tertiary alicyclic amines) is 1. The first-order valence-corrected chi connectivity index (χ1v) is 13.2. The smallest absolute Gasteiger partial charge is 0.246 e. The molecular formula is C25H33FN2O4S. The van der Waals surface area contributed by atoms with Gasteiger partial charge in [0, 0.05) is 32.2 Å². The molecule has 2 aliphatic rings. The van der Waals surface area contributed by atoms with Crippen molar-refractivity contribution in [2.24, 2.45) is 0 Å². The number of aryl methyl sites for hydroxylation is 1. The van der Waals surface area contributed by atoms with Crippen LogP contribution < -0.4 is 9.47 Å². The molecule has 0 aromatic heterocycles. The van der Waals surface area contributed by atoms with Gasteiger partial charge in [-0.15, -0.1) is 0 Å². The molecule has 0 aliphatic carbocycles. The number of rotatable bonds is 7. The summed E-state index contributed by atoms with van der Waals surface area (Å²) < 4.78 is 53.4. The van der Waals surface area contributed by atoms with Gasteiger partial charge in [-0.25, -0.2) is 12.8 Å². The molecule has 0 unspecified atom stereocenters. The molecule has 33 heavy (non-hydrogen) atoms. The van der Waals surface area contributed by atoms with Gasteiger partial charge in [0.05, 0.1) is 7.11 Å². The van der Waals surface area contributed by atoms with E-state index in [0.717, 1.165) is 50.8 Å². The number of halogens is 1. The minimum atomic E-state index is -3.60. The summed E-state index contributed by atoms with van der Waals surface area (Å²) in [5.41, 5.74) is 0.977. The van der Waals surface area contributed by atoms with Crippen molar-refractivity contribution in [3.63, 3.8) is 0 Å². The summed E-state index contributed by atoms with van der Waals surface area (Å²) in [6, 6.07) is 12.3. The summed E-state index contributed by atoms with van der Waals surface area (Å²) in [7, 11) is -2.10. The molecule has 8 heteroatoms. The Labute approximate surface area is 196 Å². The van der Waals surface area contributed by atoms with Crippen molar-refractivity contribution in [3.8, 4) is 11.5 Å². The monoisotopic (exact) mass is 476 g/mol. The van der Waals surface area contributed by atoms with Crippen LogP contribution in [0.4, 0.5) is 4.39 Å². The third-order valence-corrected chi connectivity index (χ3v) is 8.72. The Morgan fingerprint density at radius 3 is 2.30 bits per heavy atom. The van der Waals surface area contributed by atoms with Crippen molar-refractivity contribution < 1.29 is 22.3 Å². The molecule has 0 saturated carbocycles. The largest absolute Gasteiger partial charge is 0.495 e. The number of ether oxygens (including phenoxy) is 2. The second-order valence-electron chi connectivity index (χ2n) is 8.76. The van der Waals surface area contributed by atoms with E-state index in [9.17, 15) is 12.8 Å². The van der Waals surface area contributed by atoms with Crippen LogP contribution in [0, 0.1) is 5.82 Å². The Morgan fingerprint density at radius 2 is 1.67 bits per heavy atom. The van der Waals surface area contributed by atoms with E-state index in [0.29, 0.717) is 30.6 Å². The molecule has 0 atom stereocenters. The Kier molecular flexibility index (Phi) is 7.56. The SMILES string of the molecule is CCc1ccc(OC)c(S(=O)(=O)N2CCC(N3CCC(Oc4ccccc4F)CC3)CC2)c1. The van der Waals surface area contributed by atoms with Crippen LogP contribution in [0.15, 0.2) is 47.4 Å². The van der Waals surface area contributed by atoms with Crippen molar-refractivity contribution in [2.75, 3.05) is 33.3 Å². The van der Waals surface area contributed by atoms with Gasteiger partial charge in [0.25, 0.3) is 0 Å². The highest BCUT2D eigenvalue weighted by Crippen LogP contribution is 2.31. The Bertz CT molecular complexity index is 1050. The molecule has 0 spiro atoms. The molecule has 2 aromatic rings. The lowest BCUT2D eigenvalue weighted by atomic mass is 10.00. The van der Waals surface area contributed by atoms with Crippen molar-refractivity contribution >= 4 is 10.0 Å². The van der Waals surface area contributed by atoms with E-state index in [2.05, 4.69) is 4.90 Å². The highest BCUT2D eigenvalue weighted by atomic mass is 32.2. The third-order valence-electron chi connectivity index (χ3n) is 6.80. The summed E-state index contributed by atoms with van der Waals surface area (Å²) in [5, 5.41) is 0. The fourth-order valence-corrected chi connectivity index (χ4v) is 6.48. The van der Waals surface area contributed by atoms with E-state index in [-0.39, 0.29) is 16.8 Å². The predicted octanol–water partition coefficient (Wildman–Crippen LogP) is 4.09. The first-order valence-electron chi connectivity index (χ1n) is 11.7. The van der Waals surface area contributed by atoms with Crippen LogP contribution in [0.25, 0.3) is 0 Å². The van der Waals surface area contributed by atoms with E-state index in [1.54, 1.807) is 34.6 Å². The van der Waals surface area contributed by atoms with Crippen molar-refractivity contribution in [2.45, 2.75) is 56.1 Å². The average molecular weight is 477 g/mol. The van der Waals surface area contributed by atoms with Crippen LogP contribution in [0.3, 0.4) is 0 Å². The summed E-state index contributed by atoms with van der Waals surface area (Å²) in [5.74, 6) is 0.387. The average Bonchev–Trinajstić information content (AvgIpc) is 2.85. The van der Waals surface area contributed by atoms with Gasteiger partial charge in [-0.05, 0) is 61.9 Å². The van der Waals surface area contributed by atoms with Gasteiger partial charge in [-0.2, -0.15) is 4.31 Å². The number of hydrogen-bond acceptors (Lipinski definition) is 5. The van der Waals surface area contributed by atoms with E-state index < -0.39 is 10.0 Å². The van der Waals surface area contributed by atoms with Gasteiger partial charge >= 0.3 is 0 Å². The van der Waals surface area contributed by atoms with E-state index in [4.69, 9.17) is 9.47 Å². The van der Waals surface area contributed by atoms with Gasteiger partial charge < -0.3 is 14.4 Å². The lowest BCUT2D eigenvalue weighted by molar-refractivity contribution is 0.0567. The molecule has 6 nitrogen and oxygen atoms in total. The lowest BCUT2D eigenvalue weighted by Gasteiger charge is -2.41. The molecule has 0 radical (unpaired) electrons. The molecule has 2 aliphatic heterocycles. The van der Waals surface area contributed by atoms with E-state index >= 15 is 0 Å². The topological polar surface area (TPSA) is 59.1 Å². The first kappa shape index (κ1) is 24.0. The molecule has 180 valence electrons. The minimum absolute atomic E-state index is 0.0110.